The molecule has 0 spiro atoms. The molecule has 2 heterocycles. The second kappa shape index (κ2) is 8.16. The Hall–Kier alpha value is -3.78. The molecule has 0 unspecified atom stereocenters. The van der Waals surface area contributed by atoms with Gasteiger partial charge in [-0.15, -0.1) is 0 Å². The number of hydrogen-bond acceptors (Lipinski definition) is 4. The van der Waals surface area contributed by atoms with Crippen molar-refractivity contribution in [3.8, 4) is 5.69 Å². The van der Waals surface area contributed by atoms with Gasteiger partial charge in [0.2, 0.25) is 0 Å². The van der Waals surface area contributed by atoms with Gasteiger partial charge in [0.25, 0.3) is 11.8 Å². The third kappa shape index (κ3) is 3.97. The number of rotatable bonds is 4. The van der Waals surface area contributed by atoms with E-state index in [1.165, 1.54) is 35.2 Å². The monoisotopic (exact) mass is 434 g/mol. The predicted molar refractivity (Wildman–Crippen MR) is 123 cm³/mol. The van der Waals surface area contributed by atoms with Crippen LogP contribution in [0.2, 0.25) is 0 Å². The van der Waals surface area contributed by atoms with Crippen molar-refractivity contribution in [1.29, 1.82) is 0 Å². The molecule has 1 aliphatic rings. The fourth-order valence-electron chi connectivity index (χ4n) is 3.29. The summed E-state index contributed by atoms with van der Waals surface area (Å²) in [4.78, 5) is 28.9. The lowest BCUT2D eigenvalue weighted by atomic mass is 10.1. The van der Waals surface area contributed by atoms with Gasteiger partial charge in [0.1, 0.15) is 11.4 Å². The molecule has 31 heavy (non-hydrogen) atoms. The van der Waals surface area contributed by atoms with Gasteiger partial charge in [-0.2, -0.15) is 0 Å². The van der Waals surface area contributed by atoms with Gasteiger partial charge < -0.3 is 9.47 Å². The van der Waals surface area contributed by atoms with Crippen molar-refractivity contribution in [1.82, 2.24) is 9.88 Å². The third-order valence-electron chi connectivity index (χ3n) is 4.90. The first-order valence-electron chi connectivity index (χ1n) is 9.47. The summed E-state index contributed by atoms with van der Waals surface area (Å²) in [5, 5.41) is 2.49. The molecule has 0 saturated carbocycles. The summed E-state index contributed by atoms with van der Waals surface area (Å²) >= 11 is 5.18. The largest absolute Gasteiger partial charge is 0.378 e. The van der Waals surface area contributed by atoms with Gasteiger partial charge in [0.15, 0.2) is 5.11 Å². The standard InChI is InChI=1S/C23H19FN4O2S/c1-26(2)16-9-11-17(12-10-16)27-13-3-4-19(27)14-20-21(29)25-23(31)28(22(20)30)18-7-5-15(24)6-8-18/h3-14H,1-2H3,(H,25,29,31)/b20-14-. The maximum Gasteiger partial charge on any atom is 0.270 e. The molecule has 0 bridgehead atoms. The fourth-order valence-corrected chi connectivity index (χ4v) is 3.57. The number of amides is 2. The van der Waals surface area contributed by atoms with Gasteiger partial charge in [0, 0.05) is 37.4 Å². The van der Waals surface area contributed by atoms with Crippen LogP contribution in [0.25, 0.3) is 11.8 Å². The third-order valence-corrected chi connectivity index (χ3v) is 5.19. The highest BCUT2D eigenvalue weighted by Crippen LogP contribution is 2.24. The highest BCUT2D eigenvalue weighted by Gasteiger charge is 2.34. The summed E-state index contributed by atoms with van der Waals surface area (Å²) in [5.74, 6) is -1.59. The van der Waals surface area contributed by atoms with Crippen LogP contribution in [-0.2, 0) is 9.59 Å². The van der Waals surface area contributed by atoms with E-state index in [1.807, 2.05) is 66.2 Å². The van der Waals surface area contributed by atoms with Crippen molar-refractivity contribution in [2.24, 2.45) is 0 Å². The van der Waals surface area contributed by atoms with E-state index in [0.717, 1.165) is 11.4 Å². The first-order chi connectivity index (χ1) is 14.8. The summed E-state index contributed by atoms with van der Waals surface area (Å²) in [6.45, 7) is 0. The topological polar surface area (TPSA) is 57.6 Å². The van der Waals surface area contributed by atoms with Crippen molar-refractivity contribution in [2.75, 3.05) is 23.9 Å². The molecule has 0 atom stereocenters. The van der Waals surface area contributed by atoms with E-state index in [4.69, 9.17) is 12.2 Å². The van der Waals surface area contributed by atoms with E-state index in [2.05, 4.69) is 5.32 Å². The molecule has 1 aliphatic heterocycles. The summed E-state index contributed by atoms with van der Waals surface area (Å²) < 4.78 is 15.2. The van der Waals surface area contributed by atoms with E-state index < -0.39 is 17.6 Å². The molecule has 1 saturated heterocycles. The van der Waals surface area contributed by atoms with Crippen molar-refractivity contribution < 1.29 is 14.0 Å². The van der Waals surface area contributed by atoms with Crippen molar-refractivity contribution in [3.05, 3.63) is 83.9 Å². The zero-order chi connectivity index (χ0) is 22.1. The zero-order valence-electron chi connectivity index (χ0n) is 16.9. The van der Waals surface area contributed by atoms with Crippen LogP contribution in [-0.4, -0.2) is 35.6 Å². The van der Waals surface area contributed by atoms with Crippen LogP contribution in [0.5, 0.6) is 0 Å². The first kappa shape index (κ1) is 20.5. The first-order valence-corrected chi connectivity index (χ1v) is 9.88. The lowest BCUT2D eigenvalue weighted by Crippen LogP contribution is -2.54. The van der Waals surface area contributed by atoms with Gasteiger partial charge in [0.05, 0.1) is 5.69 Å². The number of benzene rings is 2. The molecule has 6 nitrogen and oxygen atoms in total. The Balaban J connectivity index is 1.70. The predicted octanol–water partition coefficient (Wildman–Crippen LogP) is 3.51. The molecule has 2 amide bonds. The van der Waals surface area contributed by atoms with E-state index in [9.17, 15) is 14.0 Å². The zero-order valence-corrected chi connectivity index (χ0v) is 17.7. The number of hydrogen-bond donors (Lipinski definition) is 1. The SMILES string of the molecule is CN(C)c1ccc(-n2cccc2/C=C2/C(=O)NC(=S)N(c3ccc(F)cc3)C2=O)cc1. The lowest BCUT2D eigenvalue weighted by molar-refractivity contribution is -0.122. The van der Waals surface area contributed by atoms with E-state index in [0.29, 0.717) is 11.4 Å². The molecule has 0 radical (unpaired) electrons. The molecule has 156 valence electrons. The van der Waals surface area contributed by atoms with Gasteiger partial charge in [-0.25, -0.2) is 4.39 Å². The second-order valence-electron chi connectivity index (χ2n) is 7.15. The van der Waals surface area contributed by atoms with E-state index >= 15 is 0 Å². The number of anilines is 2. The van der Waals surface area contributed by atoms with Crippen LogP contribution in [0.3, 0.4) is 0 Å². The van der Waals surface area contributed by atoms with Crippen LogP contribution in [0.15, 0.2) is 72.4 Å². The number of halogens is 1. The molecule has 4 rings (SSSR count). The molecule has 8 heteroatoms. The molecule has 1 N–H and O–H groups in total. The Morgan fingerprint density at radius 3 is 2.26 bits per heavy atom. The van der Waals surface area contributed by atoms with Gasteiger partial charge in [-0.05, 0) is 79.0 Å². The fraction of sp³-hybridized carbons (Fsp3) is 0.0870. The van der Waals surface area contributed by atoms with E-state index in [1.54, 1.807) is 0 Å². The van der Waals surface area contributed by atoms with E-state index in [-0.39, 0.29) is 10.7 Å². The van der Waals surface area contributed by atoms with Gasteiger partial charge >= 0.3 is 0 Å². The minimum atomic E-state index is -0.580. The van der Waals surface area contributed by atoms with Crippen molar-refractivity contribution in [2.45, 2.75) is 0 Å². The highest BCUT2D eigenvalue weighted by molar-refractivity contribution is 7.80. The van der Waals surface area contributed by atoms with Crippen LogP contribution < -0.4 is 15.1 Å². The lowest BCUT2D eigenvalue weighted by Gasteiger charge is -2.28. The second-order valence-corrected chi connectivity index (χ2v) is 7.53. The smallest absolute Gasteiger partial charge is 0.270 e. The van der Waals surface area contributed by atoms with Gasteiger partial charge in [-0.1, -0.05) is 0 Å². The minimum Gasteiger partial charge on any atom is -0.378 e. The maximum absolute atomic E-state index is 13.3. The molecule has 2 aromatic carbocycles. The summed E-state index contributed by atoms with van der Waals surface area (Å²) in [6, 6.07) is 16.9. The average Bonchev–Trinajstić information content (AvgIpc) is 3.20. The number of thiocarbonyl (C=S) groups is 1. The molecule has 1 fully saturated rings. The maximum atomic E-state index is 13.3. The quantitative estimate of drug-likeness (QED) is 0.388. The number of carbonyl (C=O) groups excluding carboxylic acids is 2. The van der Waals surface area contributed by atoms with Crippen LogP contribution in [0, 0.1) is 5.82 Å². The normalized spacial score (nSPS) is 15.4. The van der Waals surface area contributed by atoms with Crippen molar-refractivity contribution in [3.63, 3.8) is 0 Å². The van der Waals surface area contributed by atoms with Crippen LogP contribution in [0.4, 0.5) is 15.8 Å². The van der Waals surface area contributed by atoms with Crippen LogP contribution >= 0.6 is 12.2 Å². The summed E-state index contributed by atoms with van der Waals surface area (Å²) in [5.41, 5.74) is 2.90. The van der Waals surface area contributed by atoms with Crippen molar-refractivity contribution >= 4 is 46.6 Å². The molecular weight excluding hydrogens is 415 g/mol. The number of carbonyl (C=O) groups is 2. The molecule has 3 aromatic rings. The Kier molecular flexibility index (Phi) is 5.39. The molecule has 1 aromatic heterocycles. The summed E-state index contributed by atoms with van der Waals surface area (Å²) in [7, 11) is 3.93. The highest BCUT2D eigenvalue weighted by atomic mass is 32.1. The minimum absolute atomic E-state index is 0.0478. The Labute approximate surface area is 184 Å². The van der Waals surface area contributed by atoms with Gasteiger partial charge in [-0.3, -0.25) is 19.8 Å². The number of aromatic nitrogens is 1. The summed E-state index contributed by atoms with van der Waals surface area (Å²) in [6.07, 6.45) is 3.38. The number of nitrogens with one attached hydrogen (secondary N) is 1. The Morgan fingerprint density at radius 2 is 1.61 bits per heavy atom. The average molecular weight is 434 g/mol. The van der Waals surface area contributed by atoms with Crippen LogP contribution in [0.1, 0.15) is 5.69 Å². The Bertz CT molecular complexity index is 1200. The molecule has 0 aliphatic carbocycles. The Morgan fingerprint density at radius 1 is 0.968 bits per heavy atom. The molecular formula is C23H19FN4O2S. The number of nitrogens with zero attached hydrogens (tertiary/aromatic N) is 3.